The van der Waals surface area contributed by atoms with E-state index in [1.165, 1.54) is 17.2 Å². The number of thioether (sulfide) groups is 1. The van der Waals surface area contributed by atoms with Gasteiger partial charge in [0.1, 0.15) is 17.4 Å². The minimum atomic E-state index is -4.51. The maximum atomic E-state index is 14.7. The number of nitriles is 1. The molecule has 2 aromatic rings. The maximum absolute atomic E-state index is 14.7. The third kappa shape index (κ3) is 4.99. The molecule has 2 aliphatic carbocycles. The lowest BCUT2D eigenvalue weighted by atomic mass is 9.98. The monoisotopic (exact) mass is 553 g/mol. The molecular formula is C24H20ClF4N5O2S. The number of aromatic nitrogens is 2. The summed E-state index contributed by atoms with van der Waals surface area (Å²) in [5.74, 6) is -1.65. The Morgan fingerprint density at radius 2 is 1.92 bits per heavy atom. The molecule has 5 rings (SSSR count). The molecule has 2 aromatic heterocycles. The van der Waals surface area contributed by atoms with Gasteiger partial charge >= 0.3 is 6.18 Å². The Balaban J connectivity index is 1.39. The zero-order valence-electron chi connectivity index (χ0n) is 19.2. The summed E-state index contributed by atoms with van der Waals surface area (Å²) in [6.45, 7) is 0.0980. The van der Waals surface area contributed by atoms with Crippen molar-refractivity contribution in [3.8, 4) is 6.07 Å². The Kier molecular flexibility index (Phi) is 6.35. The molecule has 2 saturated carbocycles. The lowest BCUT2D eigenvalue weighted by Crippen LogP contribution is -2.51. The van der Waals surface area contributed by atoms with Gasteiger partial charge in [-0.25, -0.2) is 9.37 Å². The summed E-state index contributed by atoms with van der Waals surface area (Å²) in [4.78, 5) is 36.3. The summed E-state index contributed by atoms with van der Waals surface area (Å²) in [6.07, 6.45) is -0.604. The lowest BCUT2D eigenvalue weighted by molar-refractivity contribution is -0.140. The Hall–Kier alpha value is -2.91. The SMILES string of the molecule is N#CC1(NC(=O)[C@@H]2CC(Sc3ccc(C(F)(F)F)cn3)CN2C(=O)C2(c3ncc(Cl)cc3F)CC2)CC1. The van der Waals surface area contributed by atoms with Crippen LogP contribution in [0, 0.1) is 17.1 Å². The fourth-order valence-corrected chi connectivity index (χ4v) is 5.83. The molecule has 1 aliphatic heterocycles. The van der Waals surface area contributed by atoms with E-state index in [1.54, 1.807) is 0 Å². The smallest absolute Gasteiger partial charge is 0.336 e. The molecule has 2 amide bonds. The predicted molar refractivity (Wildman–Crippen MR) is 125 cm³/mol. The minimum Gasteiger partial charge on any atom is -0.336 e. The van der Waals surface area contributed by atoms with E-state index in [0.29, 0.717) is 30.7 Å². The summed E-state index contributed by atoms with van der Waals surface area (Å²) in [5.41, 5.74) is -3.08. The number of hydrogen-bond acceptors (Lipinski definition) is 6. The van der Waals surface area contributed by atoms with Gasteiger partial charge in [-0.2, -0.15) is 18.4 Å². The number of pyridine rings is 2. The fourth-order valence-electron chi connectivity index (χ4n) is 4.57. The average Bonchev–Trinajstić information content (AvgIpc) is 3.76. The van der Waals surface area contributed by atoms with Crippen molar-refractivity contribution in [2.24, 2.45) is 0 Å². The second-order valence-electron chi connectivity index (χ2n) is 9.58. The molecule has 1 N–H and O–H groups in total. The highest BCUT2D eigenvalue weighted by molar-refractivity contribution is 7.99. The summed E-state index contributed by atoms with van der Waals surface area (Å²) in [7, 11) is 0. The molecule has 13 heteroatoms. The van der Waals surface area contributed by atoms with Crippen LogP contribution in [0.1, 0.15) is 43.4 Å². The van der Waals surface area contributed by atoms with Crippen LogP contribution in [0.3, 0.4) is 0 Å². The topological polar surface area (TPSA) is 99.0 Å². The van der Waals surface area contributed by atoms with Gasteiger partial charge in [-0.1, -0.05) is 11.6 Å². The first-order valence-electron chi connectivity index (χ1n) is 11.5. The van der Waals surface area contributed by atoms with E-state index in [9.17, 15) is 32.4 Å². The zero-order valence-corrected chi connectivity index (χ0v) is 20.8. The van der Waals surface area contributed by atoms with Gasteiger partial charge in [-0.3, -0.25) is 14.6 Å². The van der Waals surface area contributed by atoms with Crippen molar-refractivity contribution in [3.63, 3.8) is 0 Å². The quantitative estimate of drug-likeness (QED) is 0.537. The molecule has 0 spiro atoms. The van der Waals surface area contributed by atoms with Crippen LogP contribution in [0.25, 0.3) is 0 Å². The molecular weight excluding hydrogens is 534 g/mol. The zero-order chi connectivity index (χ0) is 26.6. The summed E-state index contributed by atoms with van der Waals surface area (Å²) in [6, 6.07) is 4.41. The second-order valence-corrected chi connectivity index (χ2v) is 11.3. The van der Waals surface area contributed by atoms with Crippen molar-refractivity contribution in [2.75, 3.05) is 6.54 Å². The second kappa shape index (κ2) is 9.13. The van der Waals surface area contributed by atoms with Crippen molar-refractivity contribution >= 4 is 35.2 Å². The predicted octanol–water partition coefficient (Wildman–Crippen LogP) is 4.25. The van der Waals surface area contributed by atoms with Gasteiger partial charge in [-0.15, -0.1) is 11.8 Å². The van der Waals surface area contributed by atoms with Gasteiger partial charge in [0.05, 0.1) is 32.8 Å². The van der Waals surface area contributed by atoms with Crippen LogP contribution < -0.4 is 5.32 Å². The highest BCUT2D eigenvalue weighted by Gasteiger charge is 2.59. The largest absolute Gasteiger partial charge is 0.417 e. The number of halogens is 5. The number of nitrogens with zero attached hydrogens (tertiary/aromatic N) is 4. The molecule has 7 nitrogen and oxygen atoms in total. The van der Waals surface area contributed by atoms with Crippen molar-refractivity contribution < 1.29 is 27.2 Å². The van der Waals surface area contributed by atoms with E-state index in [0.717, 1.165) is 30.1 Å². The van der Waals surface area contributed by atoms with Gasteiger partial charge in [-0.05, 0) is 50.3 Å². The number of carbonyl (C=O) groups is 2. The summed E-state index contributed by atoms with van der Waals surface area (Å²) < 4.78 is 53.4. The van der Waals surface area contributed by atoms with Crippen molar-refractivity contribution in [3.05, 3.63) is 52.7 Å². The highest BCUT2D eigenvalue weighted by atomic mass is 35.5. The molecule has 3 aliphatic rings. The van der Waals surface area contributed by atoms with Gasteiger partial charge in [0.25, 0.3) is 0 Å². The number of hydrogen-bond donors (Lipinski definition) is 1. The molecule has 3 fully saturated rings. The van der Waals surface area contributed by atoms with Crippen LogP contribution in [0.4, 0.5) is 17.6 Å². The van der Waals surface area contributed by atoms with Gasteiger partial charge in [0.2, 0.25) is 11.8 Å². The van der Waals surface area contributed by atoms with E-state index in [2.05, 4.69) is 21.4 Å². The van der Waals surface area contributed by atoms with Gasteiger partial charge in [0.15, 0.2) is 0 Å². The molecule has 2 atom stereocenters. The van der Waals surface area contributed by atoms with E-state index in [-0.39, 0.29) is 28.9 Å². The molecule has 1 saturated heterocycles. The van der Waals surface area contributed by atoms with Crippen LogP contribution >= 0.6 is 23.4 Å². The third-order valence-electron chi connectivity index (χ3n) is 6.92. The number of alkyl halides is 3. The van der Waals surface area contributed by atoms with Crippen LogP contribution in [-0.2, 0) is 21.2 Å². The normalized spacial score (nSPS) is 23.3. The first-order chi connectivity index (χ1) is 17.5. The lowest BCUT2D eigenvalue weighted by Gasteiger charge is -2.28. The molecule has 37 heavy (non-hydrogen) atoms. The first-order valence-corrected chi connectivity index (χ1v) is 12.8. The Morgan fingerprint density at radius 3 is 2.46 bits per heavy atom. The Bertz CT molecular complexity index is 1290. The molecule has 0 aromatic carbocycles. The average molecular weight is 554 g/mol. The van der Waals surface area contributed by atoms with Crippen LogP contribution in [-0.4, -0.2) is 50.1 Å². The number of nitrogens with one attached hydrogen (secondary N) is 1. The summed E-state index contributed by atoms with van der Waals surface area (Å²) in [5, 5.41) is 12.2. The Labute approximate surface area is 218 Å². The summed E-state index contributed by atoms with van der Waals surface area (Å²) >= 11 is 6.98. The van der Waals surface area contributed by atoms with E-state index < -0.39 is 46.4 Å². The molecule has 1 unspecified atom stereocenters. The van der Waals surface area contributed by atoms with Gasteiger partial charge in [0, 0.05) is 24.2 Å². The number of amides is 2. The Morgan fingerprint density at radius 1 is 1.19 bits per heavy atom. The standard InChI is InChI=1S/C24H20ClF4N5O2S/c25-14-7-16(26)19(32-10-14)23(5-6-23)21(36)34-11-15(8-17(34)20(35)33-22(12-30)3-4-22)37-18-2-1-13(9-31-18)24(27,28)29/h1-2,7,9-10,15,17H,3-6,8,11H2,(H,33,35)/t15?,17-/m0/s1. The van der Waals surface area contributed by atoms with Crippen molar-refractivity contribution in [1.29, 1.82) is 5.26 Å². The van der Waals surface area contributed by atoms with Crippen molar-refractivity contribution in [2.45, 2.75) is 65.6 Å². The molecule has 194 valence electrons. The van der Waals surface area contributed by atoms with Crippen LogP contribution in [0.15, 0.2) is 35.6 Å². The highest BCUT2D eigenvalue weighted by Crippen LogP contribution is 2.51. The minimum absolute atomic E-state index is 0.0303. The number of rotatable bonds is 6. The maximum Gasteiger partial charge on any atom is 0.417 e. The molecule has 0 bridgehead atoms. The first kappa shape index (κ1) is 25.7. The molecule has 0 radical (unpaired) electrons. The van der Waals surface area contributed by atoms with Gasteiger partial charge < -0.3 is 10.2 Å². The van der Waals surface area contributed by atoms with Crippen LogP contribution in [0.5, 0.6) is 0 Å². The molecule has 3 heterocycles. The number of likely N-dealkylation sites (tertiary alicyclic amines) is 1. The third-order valence-corrected chi connectivity index (χ3v) is 8.29. The number of carbonyl (C=O) groups excluding carboxylic acids is 2. The fraction of sp³-hybridized carbons (Fsp3) is 0.458. The van der Waals surface area contributed by atoms with Crippen molar-refractivity contribution in [1.82, 2.24) is 20.2 Å². The van der Waals surface area contributed by atoms with E-state index in [1.807, 2.05) is 0 Å². The van der Waals surface area contributed by atoms with E-state index >= 15 is 0 Å². The van der Waals surface area contributed by atoms with E-state index in [4.69, 9.17) is 11.6 Å². The van der Waals surface area contributed by atoms with Crippen LogP contribution in [0.2, 0.25) is 5.02 Å².